The van der Waals surface area contributed by atoms with Crippen LogP contribution >= 0.6 is 22.7 Å². The van der Waals surface area contributed by atoms with Gasteiger partial charge in [0.25, 0.3) is 0 Å². The van der Waals surface area contributed by atoms with Crippen molar-refractivity contribution in [2.45, 2.75) is 0 Å². The highest BCUT2D eigenvalue weighted by molar-refractivity contribution is 7.16. The molecule has 13 heavy (non-hydrogen) atoms. The van der Waals surface area contributed by atoms with Crippen molar-refractivity contribution in [2.75, 3.05) is 5.73 Å². The molecule has 3 nitrogen and oxygen atoms in total. The molecular formula is C8H5N3S2. The first kappa shape index (κ1) is 8.23. The summed E-state index contributed by atoms with van der Waals surface area (Å²) in [5.74, 6) is 0. The Labute approximate surface area is 83.1 Å². The third-order valence-electron chi connectivity index (χ3n) is 1.63. The number of anilines is 1. The van der Waals surface area contributed by atoms with Crippen molar-refractivity contribution in [2.24, 2.45) is 0 Å². The molecular weight excluding hydrogens is 202 g/mol. The van der Waals surface area contributed by atoms with E-state index in [1.165, 1.54) is 22.7 Å². The van der Waals surface area contributed by atoms with Gasteiger partial charge >= 0.3 is 0 Å². The first-order valence-corrected chi connectivity index (χ1v) is 5.24. The molecule has 0 aromatic carbocycles. The number of rotatable bonds is 1. The quantitative estimate of drug-likeness (QED) is 0.780. The second-order valence-corrected chi connectivity index (χ2v) is 4.16. The van der Waals surface area contributed by atoms with E-state index >= 15 is 0 Å². The predicted molar refractivity (Wildman–Crippen MR) is 54.6 cm³/mol. The maximum absolute atomic E-state index is 8.85. The van der Waals surface area contributed by atoms with Crippen LogP contribution in [-0.4, -0.2) is 4.98 Å². The van der Waals surface area contributed by atoms with E-state index in [4.69, 9.17) is 11.0 Å². The van der Waals surface area contributed by atoms with Crippen LogP contribution in [0, 0.1) is 11.3 Å². The number of thiazole rings is 1. The zero-order chi connectivity index (χ0) is 9.26. The van der Waals surface area contributed by atoms with Crippen LogP contribution in [0.4, 0.5) is 5.00 Å². The monoisotopic (exact) mass is 207 g/mol. The molecule has 0 aliphatic heterocycles. The van der Waals surface area contributed by atoms with Crippen molar-refractivity contribution in [1.82, 2.24) is 4.98 Å². The van der Waals surface area contributed by atoms with Crippen molar-refractivity contribution in [3.8, 4) is 16.5 Å². The first-order chi connectivity index (χ1) is 6.33. The number of nitriles is 1. The molecule has 64 valence electrons. The molecule has 0 saturated heterocycles. The van der Waals surface area contributed by atoms with Crippen molar-refractivity contribution >= 4 is 27.7 Å². The van der Waals surface area contributed by atoms with E-state index in [9.17, 15) is 0 Å². The summed E-state index contributed by atoms with van der Waals surface area (Å²) in [7, 11) is 0. The summed E-state index contributed by atoms with van der Waals surface area (Å²) in [5.41, 5.74) is 8.84. The SMILES string of the molecule is N#Cc1c(-c2cncs2)csc1N. The molecule has 0 bridgehead atoms. The van der Waals surface area contributed by atoms with Crippen LogP contribution in [0.15, 0.2) is 17.1 Å². The van der Waals surface area contributed by atoms with E-state index in [0.717, 1.165) is 10.4 Å². The highest BCUT2D eigenvalue weighted by Gasteiger charge is 2.11. The smallest absolute Gasteiger partial charge is 0.104 e. The van der Waals surface area contributed by atoms with Gasteiger partial charge in [0.05, 0.1) is 16.0 Å². The average molecular weight is 207 g/mol. The fourth-order valence-electron chi connectivity index (χ4n) is 1.02. The minimum atomic E-state index is 0.564. The largest absolute Gasteiger partial charge is 0.389 e. The molecule has 0 radical (unpaired) electrons. The minimum absolute atomic E-state index is 0.564. The van der Waals surface area contributed by atoms with Crippen molar-refractivity contribution in [1.29, 1.82) is 5.26 Å². The number of thiophene rings is 1. The van der Waals surface area contributed by atoms with Gasteiger partial charge in [-0.05, 0) is 0 Å². The lowest BCUT2D eigenvalue weighted by Crippen LogP contribution is -1.83. The zero-order valence-electron chi connectivity index (χ0n) is 6.52. The van der Waals surface area contributed by atoms with Crippen LogP contribution in [0.3, 0.4) is 0 Å². The van der Waals surface area contributed by atoms with E-state index in [-0.39, 0.29) is 0 Å². The molecule has 5 heteroatoms. The lowest BCUT2D eigenvalue weighted by molar-refractivity contribution is 1.42. The number of aromatic nitrogens is 1. The third-order valence-corrected chi connectivity index (χ3v) is 3.25. The lowest BCUT2D eigenvalue weighted by atomic mass is 10.2. The van der Waals surface area contributed by atoms with Crippen molar-refractivity contribution in [3.63, 3.8) is 0 Å². The highest BCUT2D eigenvalue weighted by atomic mass is 32.1. The van der Waals surface area contributed by atoms with Crippen molar-refractivity contribution in [3.05, 3.63) is 22.7 Å². The highest BCUT2D eigenvalue weighted by Crippen LogP contribution is 2.34. The summed E-state index contributed by atoms with van der Waals surface area (Å²) in [5, 5.41) is 11.3. The molecule has 2 N–H and O–H groups in total. The van der Waals surface area contributed by atoms with Crippen LogP contribution in [0.25, 0.3) is 10.4 Å². The van der Waals surface area contributed by atoms with E-state index in [1.54, 1.807) is 11.7 Å². The lowest BCUT2D eigenvalue weighted by Gasteiger charge is -1.91. The van der Waals surface area contributed by atoms with Gasteiger partial charge in [-0.3, -0.25) is 4.98 Å². The number of hydrogen-bond donors (Lipinski definition) is 1. The Hall–Kier alpha value is -1.38. The fourth-order valence-corrected chi connectivity index (χ4v) is 2.50. The Morgan fingerprint density at radius 3 is 2.92 bits per heavy atom. The van der Waals surface area contributed by atoms with Gasteiger partial charge in [0.15, 0.2) is 0 Å². The van der Waals surface area contributed by atoms with Gasteiger partial charge in [-0.1, -0.05) is 0 Å². The summed E-state index contributed by atoms with van der Waals surface area (Å²) in [6.45, 7) is 0. The maximum atomic E-state index is 8.85. The summed E-state index contributed by atoms with van der Waals surface area (Å²) in [4.78, 5) is 4.95. The van der Waals surface area contributed by atoms with Crippen LogP contribution in [0.5, 0.6) is 0 Å². The topological polar surface area (TPSA) is 62.7 Å². The van der Waals surface area contributed by atoms with E-state index in [0.29, 0.717) is 10.6 Å². The van der Waals surface area contributed by atoms with Crippen LogP contribution < -0.4 is 5.73 Å². The molecule has 0 saturated carbocycles. The standard InChI is InChI=1S/C8H5N3S2/c9-1-5-6(3-12-8(5)10)7-2-11-4-13-7/h2-4H,10H2. The summed E-state index contributed by atoms with van der Waals surface area (Å²) >= 11 is 2.90. The molecule has 0 atom stereocenters. The molecule has 0 aliphatic carbocycles. The first-order valence-electron chi connectivity index (χ1n) is 3.49. The van der Waals surface area contributed by atoms with Crippen LogP contribution in [-0.2, 0) is 0 Å². The summed E-state index contributed by atoms with van der Waals surface area (Å²) in [6, 6.07) is 2.10. The van der Waals surface area contributed by atoms with Crippen molar-refractivity contribution < 1.29 is 0 Å². The summed E-state index contributed by atoms with van der Waals surface area (Å²) in [6.07, 6.45) is 1.74. The normalized spacial score (nSPS) is 9.77. The van der Waals surface area contributed by atoms with Gasteiger partial charge in [0.2, 0.25) is 0 Å². The van der Waals surface area contributed by atoms with E-state index < -0.39 is 0 Å². The second-order valence-electron chi connectivity index (χ2n) is 2.37. The summed E-state index contributed by atoms with van der Waals surface area (Å²) < 4.78 is 0. The Morgan fingerprint density at radius 2 is 2.31 bits per heavy atom. The molecule has 2 rings (SSSR count). The number of nitrogen functional groups attached to an aromatic ring is 1. The molecule has 0 unspecified atom stereocenters. The fraction of sp³-hybridized carbons (Fsp3) is 0. The zero-order valence-corrected chi connectivity index (χ0v) is 8.15. The number of hydrogen-bond acceptors (Lipinski definition) is 5. The molecule has 0 fully saturated rings. The van der Waals surface area contributed by atoms with Gasteiger partial charge in [0, 0.05) is 17.1 Å². The molecule has 0 aliphatic rings. The maximum Gasteiger partial charge on any atom is 0.104 e. The molecule has 2 aromatic rings. The molecule has 2 heterocycles. The van der Waals surface area contributed by atoms with Gasteiger partial charge in [0.1, 0.15) is 11.1 Å². The minimum Gasteiger partial charge on any atom is -0.389 e. The number of nitrogens with two attached hydrogens (primary N) is 1. The molecule has 0 spiro atoms. The van der Waals surface area contributed by atoms with Gasteiger partial charge in [-0.25, -0.2) is 0 Å². The van der Waals surface area contributed by atoms with Crippen LogP contribution in [0.2, 0.25) is 0 Å². The van der Waals surface area contributed by atoms with Gasteiger partial charge in [-0.15, -0.1) is 22.7 Å². The second kappa shape index (κ2) is 3.17. The Kier molecular flexibility index (Phi) is 2.00. The number of nitrogens with zero attached hydrogens (tertiary/aromatic N) is 2. The van der Waals surface area contributed by atoms with Gasteiger partial charge in [-0.2, -0.15) is 5.26 Å². The van der Waals surface area contributed by atoms with E-state index in [1.807, 2.05) is 5.38 Å². The third kappa shape index (κ3) is 1.30. The molecule has 2 aromatic heterocycles. The van der Waals surface area contributed by atoms with Gasteiger partial charge < -0.3 is 5.73 Å². The average Bonchev–Trinajstić information content (AvgIpc) is 2.71. The Balaban J connectivity index is 2.60. The predicted octanol–water partition coefficient (Wildman–Crippen LogP) is 2.33. The van der Waals surface area contributed by atoms with E-state index in [2.05, 4.69) is 11.1 Å². The molecule has 0 amide bonds. The Morgan fingerprint density at radius 1 is 1.46 bits per heavy atom. The van der Waals surface area contributed by atoms with Crippen LogP contribution in [0.1, 0.15) is 5.56 Å². The Bertz CT molecular complexity index is 450.